The number of hydrogen-bond donors (Lipinski definition) is 1. The molecule has 0 spiro atoms. The molecule has 18 heavy (non-hydrogen) atoms. The van der Waals surface area contributed by atoms with E-state index in [0.717, 1.165) is 11.1 Å². The smallest absolute Gasteiger partial charge is 0.135 e. The Morgan fingerprint density at radius 2 is 1.28 bits per heavy atom. The Labute approximate surface area is 105 Å². The molecule has 0 saturated carbocycles. The van der Waals surface area contributed by atoms with Gasteiger partial charge < -0.3 is 0 Å². The maximum Gasteiger partial charge on any atom is 0.135 e. The van der Waals surface area contributed by atoms with E-state index >= 15 is 0 Å². The van der Waals surface area contributed by atoms with Crippen molar-refractivity contribution in [2.45, 2.75) is 13.8 Å². The van der Waals surface area contributed by atoms with Gasteiger partial charge in [-0.3, -0.25) is 5.41 Å². The molecular formula is C15H13F2N. The molecule has 0 unspecified atom stereocenters. The third kappa shape index (κ3) is 2.04. The second kappa shape index (κ2) is 4.69. The molecule has 3 heteroatoms. The zero-order valence-corrected chi connectivity index (χ0v) is 10.2. The number of aryl methyl sites for hydroxylation is 2. The van der Waals surface area contributed by atoms with Crippen molar-refractivity contribution in [1.82, 2.24) is 0 Å². The lowest BCUT2D eigenvalue weighted by atomic mass is 9.94. The van der Waals surface area contributed by atoms with Crippen molar-refractivity contribution in [1.29, 1.82) is 5.41 Å². The van der Waals surface area contributed by atoms with Crippen LogP contribution in [0.2, 0.25) is 0 Å². The van der Waals surface area contributed by atoms with Crippen molar-refractivity contribution in [3.8, 4) is 0 Å². The van der Waals surface area contributed by atoms with Crippen LogP contribution in [-0.2, 0) is 0 Å². The van der Waals surface area contributed by atoms with Crippen LogP contribution in [-0.4, -0.2) is 5.71 Å². The number of benzene rings is 2. The Balaban J connectivity index is 2.63. The molecule has 1 nitrogen and oxygen atoms in total. The van der Waals surface area contributed by atoms with E-state index in [-0.39, 0.29) is 11.3 Å². The van der Waals surface area contributed by atoms with Crippen LogP contribution in [0.5, 0.6) is 0 Å². The van der Waals surface area contributed by atoms with Crippen molar-refractivity contribution < 1.29 is 8.78 Å². The molecular weight excluding hydrogens is 232 g/mol. The molecule has 0 aliphatic rings. The Morgan fingerprint density at radius 3 is 1.78 bits per heavy atom. The summed E-state index contributed by atoms with van der Waals surface area (Å²) in [4.78, 5) is 0. The molecule has 0 heterocycles. The fourth-order valence-electron chi connectivity index (χ4n) is 2.07. The van der Waals surface area contributed by atoms with Crippen LogP contribution in [0.4, 0.5) is 8.78 Å². The Bertz CT molecular complexity index is 524. The predicted octanol–water partition coefficient (Wildman–Crippen LogP) is 4.00. The predicted molar refractivity (Wildman–Crippen MR) is 68.2 cm³/mol. The van der Waals surface area contributed by atoms with Gasteiger partial charge in [0.15, 0.2) is 0 Å². The molecule has 2 aromatic carbocycles. The Morgan fingerprint density at radius 1 is 0.833 bits per heavy atom. The first-order chi connectivity index (χ1) is 8.52. The SMILES string of the molecule is Cc1cccc(C)c1C(=N)c1c(F)cccc1F. The molecule has 1 N–H and O–H groups in total. The van der Waals surface area contributed by atoms with E-state index in [0.29, 0.717) is 5.56 Å². The number of rotatable bonds is 2. The fraction of sp³-hybridized carbons (Fsp3) is 0.133. The standard InChI is InChI=1S/C15H13F2N/c1-9-5-3-6-10(2)13(9)15(18)14-11(16)7-4-8-12(14)17/h3-8,18H,1-2H3. The topological polar surface area (TPSA) is 23.9 Å². The molecule has 0 aliphatic carbocycles. The monoisotopic (exact) mass is 245 g/mol. The van der Waals surface area contributed by atoms with Gasteiger partial charge in [-0.15, -0.1) is 0 Å². The zero-order valence-electron chi connectivity index (χ0n) is 10.2. The van der Waals surface area contributed by atoms with Crippen molar-refractivity contribution in [3.63, 3.8) is 0 Å². The van der Waals surface area contributed by atoms with Gasteiger partial charge in [0, 0.05) is 5.56 Å². The number of halogens is 2. The van der Waals surface area contributed by atoms with Gasteiger partial charge in [0.05, 0.1) is 11.3 Å². The minimum Gasteiger partial charge on any atom is -0.299 e. The van der Waals surface area contributed by atoms with E-state index in [2.05, 4.69) is 0 Å². The average Bonchev–Trinajstić information content (AvgIpc) is 2.28. The van der Waals surface area contributed by atoms with Gasteiger partial charge in [-0.2, -0.15) is 0 Å². The summed E-state index contributed by atoms with van der Waals surface area (Å²) >= 11 is 0. The van der Waals surface area contributed by atoms with Crippen molar-refractivity contribution in [2.24, 2.45) is 0 Å². The summed E-state index contributed by atoms with van der Waals surface area (Å²) in [7, 11) is 0. The van der Waals surface area contributed by atoms with E-state index in [1.807, 2.05) is 32.0 Å². The first-order valence-electron chi connectivity index (χ1n) is 5.62. The quantitative estimate of drug-likeness (QED) is 0.773. The van der Waals surface area contributed by atoms with Gasteiger partial charge in [-0.1, -0.05) is 24.3 Å². The zero-order chi connectivity index (χ0) is 13.3. The molecule has 0 bridgehead atoms. The summed E-state index contributed by atoms with van der Waals surface area (Å²) in [5, 5.41) is 8.05. The number of hydrogen-bond acceptors (Lipinski definition) is 1. The van der Waals surface area contributed by atoms with Crippen LogP contribution in [0.15, 0.2) is 36.4 Å². The minimum atomic E-state index is -0.706. The van der Waals surface area contributed by atoms with E-state index in [1.54, 1.807) is 0 Å². The van der Waals surface area contributed by atoms with Crippen LogP contribution >= 0.6 is 0 Å². The summed E-state index contributed by atoms with van der Waals surface area (Å²) in [6.07, 6.45) is 0. The van der Waals surface area contributed by atoms with Crippen molar-refractivity contribution >= 4 is 5.71 Å². The number of nitrogens with one attached hydrogen (secondary N) is 1. The highest BCUT2D eigenvalue weighted by Crippen LogP contribution is 2.21. The second-order valence-electron chi connectivity index (χ2n) is 4.24. The first kappa shape index (κ1) is 12.4. The van der Waals surface area contributed by atoms with Crippen LogP contribution in [0.25, 0.3) is 0 Å². The van der Waals surface area contributed by atoms with Gasteiger partial charge in [-0.25, -0.2) is 8.78 Å². The summed E-state index contributed by atoms with van der Waals surface area (Å²) in [6.45, 7) is 3.66. The maximum atomic E-state index is 13.7. The van der Waals surface area contributed by atoms with E-state index in [1.165, 1.54) is 18.2 Å². The Kier molecular flexibility index (Phi) is 3.24. The van der Waals surface area contributed by atoms with Crippen molar-refractivity contribution in [2.75, 3.05) is 0 Å². The molecule has 0 radical (unpaired) electrons. The normalized spacial score (nSPS) is 10.4. The molecule has 2 rings (SSSR count). The van der Waals surface area contributed by atoms with Crippen LogP contribution in [0, 0.1) is 30.9 Å². The molecule has 2 aromatic rings. The van der Waals surface area contributed by atoms with Gasteiger partial charge in [0.2, 0.25) is 0 Å². The lowest BCUT2D eigenvalue weighted by molar-refractivity contribution is 0.579. The van der Waals surface area contributed by atoms with E-state index < -0.39 is 11.6 Å². The molecule has 0 amide bonds. The average molecular weight is 245 g/mol. The molecule has 0 aliphatic heterocycles. The van der Waals surface area contributed by atoms with Crippen LogP contribution in [0.1, 0.15) is 22.3 Å². The van der Waals surface area contributed by atoms with Crippen LogP contribution in [0.3, 0.4) is 0 Å². The molecule has 0 atom stereocenters. The van der Waals surface area contributed by atoms with Crippen LogP contribution < -0.4 is 0 Å². The fourth-order valence-corrected chi connectivity index (χ4v) is 2.07. The molecule has 92 valence electrons. The maximum absolute atomic E-state index is 13.7. The third-order valence-electron chi connectivity index (χ3n) is 2.94. The van der Waals surface area contributed by atoms with Gasteiger partial charge >= 0.3 is 0 Å². The second-order valence-corrected chi connectivity index (χ2v) is 4.24. The first-order valence-corrected chi connectivity index (χ1v) is 5.62. The third-order valence-corrected chi connectivity index (χ3v) is 2.94. The molecule has 0 fully saturated rings. The van der Waals surface area contributed by atoms with Gasteiger partial charge in [0.25, 0.3) is 0 Å². The van der Waals surface area contributed by atoms with E-state index in [4.69, 9.17) is 5.41 Å². The molecule has 0 aromatic heterocycles. The minimum absolute atomic E-state index is 0.110. The van der Waals surface area contributed by atoms with Gasteiger partial charge in [0.1, 0.15) is 11.6 Å². The summed E-state index contributed by atoms with van der Waals surface area (Å²) in [5.74, 6) is -1.41. The molecule has 0 saturated heterocycles. The summed E-state index contributed by atoms with van der Waals surface area (Å²) in [5.41, 5.74) is 1.88. The highest BCUT2D eigenvalue weighted by atomic mass is 19.1. The van der Waals surface area contributed by atoms with E-state index in [9.17, 15) is 8.78 Å². The van der Waals surface area contributed by atoms with Gasteiger partial charge in [-0.05, 0) is 37.1 Å². The largest absolute Gasteiger partial charge is 0.299 e. The summed E-state index contributed by atoms with van der Waals surface area (Å²) < 4.78 is 27.3. The lowest BCUT2D eigenvalue weighted by Crippen LogP contribution is -2.10. The Hall–Kier alpha value is -2.03. The lowest BCUT2D eigenvalue weighted by Gasteiger charge is -2.12. The summed E-state index contributed by atoms with van der Waals surface area (Å²) in [6, 6.07) is 9.15. The highest BCUT2D eigenvalue weighted by Gasteiger charge is 2.18. The highest BCUT2D eigenvalue weighted by molar-refractivity contribution is 6.12. The van der Waals surface area contributed by atoms with Crippen molar-refractivity contribution in [3.05, 3.63) is 70.3 Å².